The van der Waals surface area contributed by atoms with E-state index in [0.717, 1.165) is 29.8 Å². The molecule has 0 unspecified atom stereocenters. The van der Waals surface area contributed by atoms with Crippen LogP contribution in [-0.2, 0) is 10.0 Å². The van der Waals surface area contributed by atoms with Gasteiger partial charge in [-0.3, -0.25) is 4.79 Å². The van der Waals surface area contributed by atoms with Crippen molar-refractivity contribution in [2.45, 2.75) is 17.7 Å². The van der Waals surface area contributed by atoms with Crippen molar-refractivity contribution >= 4 is 44.5 Å². The van der Waals surface area contributed by atoms with Gasteiger partial charge in [-0.2, -0.15) is 18.9 Å². The van der Waals surface area contributed by atoms with Gasteiger partial charge in [-0.1, -0.05) is 59.9 Å². The monoisotopic (exact) mass is 636 g/mol. The summed E-state index contributed by atoms with van der Waals surface area (Å²) in [6.45, 7) is 1.04. The summed E-state index contributed by atoms with van der Waals surface area (Å²) in [5.41, 5.74) is 3.34. The number of rotatable bonds is 8. The highest BCUT2D eigenvalue weighted by molar-refractivity contribution is 7.89. The van der Waals surface area contributed by atoms with Crippen LogP contribution in [0, 0.1) is 0 Å². The van der Waals surface area contributed by atoms with Crippen LogP contribution in [0.3, 0.4) is 0 Å². The molecule has 1 aliphatic heterocycles. The number of thiazole rings is 1. The van der Waals surface area contributed by atoms with E-state index in [1.807, 2.05) is 72.9 Å². The first-order chi connectivity index (χ1) is 21.9. The Kier molecular flexibility index (Phi) is 7.61. The van der Waals surface area contributed by atoms with E-state index in [0.29, 0.717) is 45.2 Å². The van der Waals surface area contributed by atoms with Gasteiger partial charge in [0.15, 0.2) is 5.82 Å². The van der Waals surface area contributed by atoms with Crippen molar-refractivity contribution in [3.05, 3.63) is 117 Å². The molecule has 1 aliphatic rings. The molecule has 6 aromatic rings. The van der Waals surface area contributed by atoms with Gasteiger partial charge in [-0.15, -0.1) is 5.10 Å². The van der Waals surface area contributed by atoms with Gasteiger partial charge in [0.05, 0.1) is 22.2 Å². The predicted molar refractivity (Wildman–Crippen MR) is 175 cm³/mol. The summed E-state index contributed by atoms with van der Waals surface area (Å²) in [4.78, 5) is 18.7. The molecule has 7 rings (SSSR count). The van der Waals surface area contributed by atoms with Crippen molar-refractivity contribution in [2.24, 2.45) is 0 Å². The average Bonchev–Trinajstić information content (AvgIpc) is 3.88. The molecule has 226 valence electrons. The van der Waals surface area contributed by atoms with E-state index in [9.17, 15) is 13.2 Å². The molecular formula is C33H28N6O4S2. The first kappa shape index (κ1) is 28.8. The zero-order valence-corrected chi connectivity index (χ0v) is 25.9. The number of benzene rings is 3. The number of sulfonamides is 1. The van der Waals surface area contributed by atoms with Crippen LogP contribution in [0.1, 0.15) is 29.8 Å². The molecule has 0 atom stereocenters. The highest BCUT2D eigenvalue weighted by Gasteiger charge is 2.27. The molecule has 1 fully saturated rings. The first-order valence-electron chi connectivity index (χ1n) is 14.4. The number of fused-ring (bicyclic) bond motifs is 1. The van der Waals surface area contributed by atoms with Gasteiger partial charge in [0.25, 0.3) is 5.56 Å². The lowest BCUT2D eigenvalue weighted by atomic mass is 10.1. The summed E-state index contributed by atoms with van der Waals surface area (Å²) in [6.07, 6.45) is 8.95. The van der Waals surface area contributed by atoms with Gasteiger partial charge in [-0.05, 0) is 67.0 Å². The maximum atomic E-state index is 13.4. The van der Waals surface area contributed by atoms with Crippen LogP contribution in [0.15, 0.2) is 94.7 Å². The quantitative estimate of drug-likeness (QED) is 0.242. The topological polar surface area (TPSA) is 112 Å². The minimum atomic E-state index is -3.62. The third-order valence-electron chi connectivity index (χ3n) is 7.60. The molecule has 0 aliphatic carbocycles. The summed E-state index contributed by atoms with van der Waals surface area (Å²) in [5.74, 6) is 1.19. The Hall–Kier alpha value is -4.91. The van der Waals surface area contributed by atoms with Crippen LogP contribution < -0.4 is 14.8 Å². The molecule has 4 heterocycles. The van der Waals surface area contributed by atoms with E-state index in [4.69, 9.17) is 9.84 Å². The van der Waals surface area contributed by atoms with E-state index in [2.05, 4.69) is 10.1 Å². The summed E-state index contributed by atoms with van der Waals surface area (Å²) in [6, 6.07) is 24.0. The lowest BCUT2D eigenvalue weighted by Crippen LogP contribution is -2.27. The fraction of sp³-hybridized carbons (Fsp3) is 0.152. The third kappa shape index (κ3) is 5.70. The van der Waals surface area contributed by atoms with E-state index >= 15 is 0 Å². The Labute approximate surface area is 263 Å². The molecule has 0 bridgehead atoms. The molecule has 10 nitrogen and oxygen atoms in total. The highest BCUT2D eigenvalue weighted by Crippen LogP contribution is 2.29. The van der Waals surface area contributed by atoms with Gasteiger partial charge < -0.3 is 4.74 Å². The van der Waals surface area contributed by atoms with Crippen LogP contribution >= 0.6 is 11.3 Å². The van der Waals surface area contributed by atoms with Gasteiger partial charge in [0.1, 0.15) is 11.4 Å². The molecule has 0 amide bonds. The van der Waals surface area contributed by atoms with Gasteiger partial charge in [-0.25, -0.2) is 13.1 Å². The standard InChI is InChI=1S/C33H28N6O4S2/c1-43-27-15-12-23(13-16-27)14-17-30-34-33-39(35-30)32(40)29(44-33)21-25-22-38(26-9-3-2-4-10-26)36-31(25)24-8-7-11-28(20-24)45(41,42)37-18-5-6-19-37/h2-4,7-17,20-22H,5-6,18-19H2,1H3/b17-14+,29-21-. The number of nitrogens with zero attached hydrogens (tertiary/aromatic N) is 6. The normalized spacial score (nSPS) is 14.6. The largest absolute Gasteiger partial charge is 0.497 e. The number of methoxy groups -OCH3 is 1. The van der Waals surface area contributed by atoms with Crippen molar-refractivity contribution in [1.29, 1.82) is 0 Å². The van der Waals surface area contributed by atoms with Crippen molar-refractivity contribution in [3.8, 4) is 22.7 Å². The first-order valence-corrected chi connectivity index (χ1v) is 16.6. The van der Waals surface area contributed by atoms with Gasteiger partial charge in [0.2, 0.25) is 15.0 Å². The SMILES string of the molecule is COc1ccc(/C=C/c2nc3s/c(=C\c4cn(-c5ccccc5)nc4-c4cccc(S(=O)(=O)N5CCCC5)c4)c(=O)n3n2)cc1. The third-order valence-corrected chi connectivity index (χ3v) is 10.5. The lowest BCUT2D eigenvalue weighted by molar-refractivity contribution is 0.415. The van der Waals surface area contributed by atoms with Gasteiger partial charge >= 0.3 is 0 Å². The predicted octanol–water partition coefficient (Wildman–Crippen LogP) is 4.51. The Morgan fingerprint density at radius 2 is 1.69 bits per heavy atom. The molecule has 0 spiro atoms. The Bertz CT molecular complexity index is 2250. The maximum absolute atomic E-state index is 13.4. The number of para-hydroxylation sites is 1. The van der Waals surface area contributed by atoms with Crippen molar-refractivity contribution in [2.75, 3.05) is 20.2 Å². The fourth-order valence-electron chi connectivity index (χ4n) is 5.26. The highest BCUT2D eigenvalue weighted by atomic mass is 32.2. The second kappa shape index (κ2) is 11.9. The molecule has 3 aromatic heterocycles. The van der Waals surface area contributed by atoms with Crippen molar-refractivity contribution in [1.82, 2.24) is 28.7 Å². The van der Waals surface area contributed by atoms with Crippen molar-refractivity contribution < 1.29 is 13.2 Å². The molecule has 1 saturated heterocycles. The Morgan fingerprint density at radius 1 is 0.911 bits per heavy atom. The second-order valence-corrected chi connectivity index (χ2v) is 13.5. The number of aromatic nitrogens is 5. The lowest BCUT2D eigenvalue weighted by Gasteiger charge is -2.15. The van der Waals surface area contributed by atoms with Crippen LogP contribution in [0.5, 0.6) is 5.75 Å². The number of hydrogen-bond donors (Lipinski definition) is 0. The van der Waals surface area contributed by atoms with E-state index < -0.39 is 10.0 Å². The van der Waals surface area contributed by atoms with Gasteiger partial charge in [0, 0.05) is 30.4 Å². The Morgan fingerprint density at radius 3 is 2.42 bits per heavy atom. The molecular weight excluding hydrogens is 609 g/mol. The zero-order chi connectivity index (χ0) is 31.0. The smallest absolute Gasteiger partial charge is 0.291 e. The van der Waals surface area contributed by atoms with Crippen LogP contribution in [0.25, 0.3) is 40.1 Å². The second-order valence-electron chi connectivity index (χ2n) is 10.5. The molecule has 3 aromatic carbocycles. The molecule has 0 N–H and O–H groups in total. The summed E-state index contributed by atoms with van der Waals surface area (Å²) in [7, 11) is -2.00. The van der Waals surface area contributed by atoms with E-state index in [1.54, 1.807) is 42.1 Å². The van der Waals surface area contributed by atoms with E-state index in [1.165, 1.54) is 20.2 Å². The van der Waals surface area contributed by atoms with Crippen LogP contribution in [-0.4, -0.2) is 57.3 Å². The summed E-state index contributed by atoms with van der Waals surface area (Å²) in [5, 5.41) is 9.25. The summed E-state index contributed by atoms with van der Waals surface area (Å²) >= 11 is 1.23. The maximum Gasteiger partial charge on any atom is 0.291 e. The van der Waals surface area contributed by atoms with Crippen molar-refractivity contribution in [3.63, 3.8) is 0 Å². The Balaban J connectivity index is 1.27. The minimum absolute atomic E-state index is 0.223. The van der Waals surface area contributed by atoms with Crippen LogP contribution in [0.4, 0.5) is 0 Å². The van der Waals surface area contributed by atoms with E-state index in [-0.39, 0.29) is 10.5 Å². The average molecular weight is 637 g/mol. The fourth-order valence-corrected chi connectivity index (χ4v) is 7.73. The minimum Gasteiger partial charge on any atom is -0.497 e. The molecule has 45 heavy (non-hydrogen) atoms. The van der Waals surface area contributed by atoms with Crippen LogP contribution in [0.2, 0.25) is 0 Å². The number of ether oxygens (including phenoxy) is 1. The molecule has 0 radical (unpaired) electrons. The molecule has 12 heteroatoms. The number of hydrogen-bond acceptors (Lipinski definition) is 8. The zero-order valence-electron chi connectivity index (χ0n) is 24.3. The summed E-state index contributed by atoms with van der Waals surface area (Å²) < 4.78 is 36.9. The molecule has 0 saturated carbocycles.